The Balaban J connectivity index is 1.97. The number of para-hydroxylation sites is 2. The van der Waals surface area contributed by atoms with Crippen LogP contribution in [0.15, 0.2) is 54.6 Å². The lowest BCUT2D eigenvalue weighted by Gasteiger charge is -1.97. The summed E-state index contributed by atoms with van der Waals surface area (Å²) in [6, 6.07) is 17.7. The summed E-state index contributed by atoms with van der Waals surface area (Å²) in [6.07, 6.45) is 3.17. The Morgan fingerprint density at radius 3 is 2.45 bits per heavy atom. The minimum Gasteiger partial charge on any atom is -0.285 e. The van der Waals surface area contributed by atoms with Gasteiger partial charge in [0.25, 0.3) is 10.1 Å². The fraction of sp³-hybridized carbons (Fsp3) is 0.188. The Bertz CT molecular complexity index is 886. The predicted molar refractivity (Wildman–Crippen MR) is 82.9 cm³/mol. The molecule has 1 aromatic heterocycles. The number of imidazole rings is 1. The van der Waals surface area contributed by atoms with Crippen LogP contribution in [0.2, 0.25) is 0 Å². The summed E-state index contributed by atoms with van der Waals surface area (Å²) in [6.45, 7) is 0.821. The number of fused-ring (bicyclic) bond motifs is 1. The lowest BCUT2D eigenvalue weighted by atomic mass is 10.2. The molecule has 0 unspecified atom stereocenters. The molecule has 0 spiro atoms. The molecule has 3 aromatic rings. The molecule has 6 heteroatoms. The molecule has 113 valence electrons. The summed E-state index contributed by atoms with van der Waals surface area (Å²) in [5, 5.41) is 0. The van der Waals surface area contributed by atoms with E-state index in [0.29, 0.717) is 6.54 Å². The van der Waals surface area contributed by atoms with E-state index in [1.165, 1.54) is 0 Å². The molecule has 1 N–H and O–H groups in total. The second kappa shape index (κ2) is 5.90. The van der Waals surface area contributed by atoms with Crippen molar-refractivity contribution in [2.24, 2.45) is 0 Å². The molecule has 0 aliphatic carbocycles. The van der Waals surface area contributed by atoms with Gasteiger partial charge >= 0.3 is 6.33 Å². The van der Waals surface area contributed by atoms with E-state index in [1.54, 1.807) is 4.57 Å². The Morgan fingerprint density at radius 2 is 1.73 bits per heavy atom. The van der Waals surface area contributed by atoms with Gasteiger partial charge in [0.05, 0.1) is 0 Å². The van der Waals surface area contributed by atoms with Crippen LogP contribution in [0.4, 0.5) is 0 Å². The van der Waals surface area contributed by atoms with Gasteiger partial charge in [-0.05, 0) is 17.7 Å². The van der Waals surface area contributed by atoms with Gasteiger partial charge in [-0.25, -0.2) is 9.13 Å². The topological polar surface area (TPSA) is 63.2 Å². The van der Waals surface area contributed by atoms with Crippen LogP contribution in [0.5, 0.6) is 0 Å². The molecule has 0 saturated carbocycles. The average molecular weight is 316 g/mol. The normalized spacial score (nSPS) is 11.9. The number of rotatable bonds is 5. The summed E-state index contributed by atoms with van der Waals surface area (Å²) in [5.41, 5.74) is 3.00. The summed E-state index contributed by atoms with van der Waals surface area (Å²) >= 11 is 0. The van der Waals surface area contributed by atoms with E-state index in [2.05, 4.69) is 6.33 Å². The van der Waals surface area contributed by atoms with Gasteiger partial charge in [-0.1, -0.05) is 42.5 Å². The van der Waals surface area contributed by atoms with Gasteiger partial charge in [-0.15, -0.1) is 0 Å². The van der Waals surface area contributed by atoms with Gasteiger partial charge in [0.1, 0.15) is 18.8 Å². The fourth-order valence-corrected chi connectivity index (χ4v) is 2.85. The van der Waals surface area contributed by atoms with Crippen molar-refractivity contribution in [3.8, 4) is 0 Å². The Kier molecular flexibility index (Phi) is 3.96. The van der Waals surface area contributed by atoms with Crippen LogP contribution in [0, 0.1) is 6.33 Å². The van der Waals surface area contributed by atoms with Gasteiger partial charge in [-0.3, -0.25) is 4.55 Å². The number of aromatic nitrogens is 2. The molecule has 0 atom stereocenters. The number of aryl methyl sites for hydroxylation is 1. The molecule has 1 radical (unpaired) electrons. The van der Waals surface area contributed by atoms with E-state index in [9.17, 15) is 8.42 Å². The zero-order chi connectivity index (χ0) is 15.6. The van der Waals surface area contributed by atoms with Gasteiger partial charge in [-0.2, -0.15) is 8.42 Å². The second-order valence-electron chi connectivity index (χ2n) is 5.10. The van der Waals surface area contributed by atoms with E-state index in [0.717, 1.165) is 16.6 Å². The molecule has 5 nitrogen and oxygen atoms in total. The third-order valence-electron chi connectivity index (χ3n) is 3.46. The van der Waals surface area contributed by atoms with Crippen molar-refractivity contribution < 1.29 is 17.5 Å². The minimum atomic E-state index is -3.99. The molecular formula is C16H16N2O3S+. The quantitative estimate of drug-likeness (QED) is 0.575. The Morgan fingerprint density at radius 1 is 1.05 bits per heavy atom. The van der Waals surface area contributed by atoms with Crippen LogP contribution in [0.25, 0.3) is 11.0 Å². The first-order valence-electron chi connectivity index (χ1n) is 6.92. The molecule has 3 rings (SSSR count). The van der Waals surface area contributed by atoms with Crippen molar-refractivity contribution in [2.75, 3.05) is 5.75 Å². The van der Waals surface area contributed by atoms with Crippen molar-refractivity contribution in [1.82, 2.24) is 4.57 Å². The first-order valence-corrected chi connectivity index (χ1v) is 8.53. The SMILES string of the molecule is O=S(=O)(O)CC[n+]1[c]n(Cc2ccccc2)c2ccccc21. The third-order valence-corrected chi connectivity index (χ3v) is 4.16. The van der Waals surface area contributed by atoms with Gasteiger partial charge in [0.15, 0.2) is 11.0 Å². The zero-order valence-corrected chi connectivity index (χ0v) is 12.7. The van der Waals surface area contributed by atoms with Crippen LogP contribution in [0.1, 0.15) is 5.56 Å². The zero-order valence-electron chi connectivity index (χ0n) is 11.9. The monoisotopic (exact) mass is 316 g/mol. The molecule has 0 saturated heterocycles. The highest BCUT2D eigenvalue weighted by atomic mass is 32.2. The highest BCUT2D eigenvalue weighted by Gasteiger charge is 2.18. The summed E-state index contributed by atoms with van der Waals surface area (Å²) in [5.74, 6) is -0.326. The van der Waals surface area contributed by atoms with Crippen molar-refractivity contribution in [3.63, 3.8) is 0 Å². The highest BCUT2D eigenvalue weighted by Crippen LogP contribution is 2.12. The van der Waals surface area contributed by atoms with E-state index in [4.69, 9.17) is 4.55 Å². The van der Waals surface area contributed by atoms with Crippen LogP contribution >= 0.6 is 0 Å². The fourth-order valence-electron chi connectivity index (χ4n) is 2.44. The Labute approximate surface area is 129 Å². The largest absolute Gasteiger partial charge is 0.374 e. The maximum atomic E-state index is 11.0. The molecule has 0 bridgehead atoms. The van der Waals surface area contributed by atoms with Crippen molar-refractivity contribution in [3.05, 3.63) is 66.5 Å². The van der Waals surface area contributed by atoms with Crippen LogP contribution in [0.3, 0.4) is 0 Å². The van der Waals surface area contributed by atoms with Crippen LogP contribution in [-0.2, 0) is 23.2 Å². The average Bonchev–Trinajstić information content (AvgIpc) is 2.84. The lowest BCUT2D eigenvalue weighted by Crippen LogP contribution is -2.36. The second-order valence-corrected chi connectivity index (χ2v) is 6.67. The molecule has 0 aliphatic rings. The summed E-state index contributed by atoms with van der Waals surface area (Å²) < 4.78 is 34.5. The smallest absolute Gasteiger partial charge is 0.285 e. The molecule has 1 heterocycles. The number of benzene rings is 2. The molecule has 2 aromatic carbocycles. The molecule has 22 heavy (non-hydrogen) atoms. The van der Waals surface area contributed by atoms with E-state index < -0.39 is 10.1 Å². The number of hydrogen-bond donors (Lipinski definition) is 1. The van der Waals surface area contributed by atoms with E-state index >= 15 is 0 Å². The van der Waals surface area contributed by atoms with E-state index in [1.807, 2.05) is 59.2 Å². The molecule has 0 amide bonds. The van der Waals surface area contributed by atoms with Crippen molar-refractivity contribution in [1.29, 1.82) is 0 Å². The molecule has 0 aliphatic heterocycles. The maximum absolute atomic E-state index is 11.0. The first kappa shape index (κ1) is 14.7. The van der Waals surface area contributed by atoms with Gasteiger partial charge in [0.2, 0.25) is 0 Å². The summed E-state index contributed by atoms with van der Waals surface area (Å²) in [4.78, 5) is 0. The van der Waals surface area contributed by atoms with Crippen LogP contribution < -0.4 is 4.57 Å². The lowest BCUT2D eigenvalue weighted by molar-refractivity contribution is -0.671. The number of hydrogen-bond acceptors (Lipinski definition) is 2. The molecular weight excluding hydrogens is 300 g/mol. The highest BCUT2D eigenvalue weighted by molar-refractivity contribution is 7.85. The number of nitrogens with zero attached hydrogens (tertiary/aromatic N) is 2. The first-order chi connectivity index (χ1) is 10.5. The molecule has 0 fully saturated rings. The van der Waals surface area contributed by atoms with Gasteiger partial charge in [0, 0.05) is 0 Å². The van der Waals surface area contributed by atoms with Crippen LogP contribution in [-0.4, -0.2) is 23.3 Å². The minimum absolute atomic E-state index is 0.168. The summed E-state index contributed by atoms with van der Waals surface area (Å²) in [7, 11) is -3.99. The Hall–Kier alpha value is -2.18. The maximum Gasteiger partial charge on any atom is 0.374 e. The predicted octanol–water partition coefficient (Wildman–Crippen LogP) is 1.67. The van der Waals surface area contributed by atoms with Gasteiger partial charge < -0.3 is 0 Å². The third kappa shape index (κ3) is 3.35. The van der Waals surface area contributed by atoms with E-state index in [-0.39, 0.29) is 12.3 Å². The van der Waals surface area contributed by atoms with Crippen molar-refractivity contribution in [2.45, 2.75) is 13.1 Å². The van der Waals surface area contributed by atoms with Crippen molar-refractivity contribution >= 4 is 21.2 Å². The standard InChI is InChI=1S/C16H16N2O3S/c19-22(20,21)11-10-17-13-18(12-14-6-2-1-3-7-14)16-9-5-4-8-15(16)17/h1-9H,10-12H2,(H,19,20,21)/q+1.